The molecule has 98 valence electrons. The van der Waals surface area contributed by atoms with Crippen LogP contribution in [0.5, 0.6) is 0 Å². The molecule has 2 unspecified atom stereocenters. The summed E-state index contributed by atoms with van der Waals surface area (Å²) in [6.07, 6.45) is -2.58. The Morgan fingerprint density at radius 1 is 1.47 bits per heavy atom. The first-order chi connectivity index (χ1) is 7.87. The first-order valence-electron chi connectivity index (χ1n) is 5.32. The van der Waals surface area contributed by atoms with Crippen LogP contribution in [0.25, 0.3) is 0 Å². The van der Waals surface area contributed by atoms with Gasteiger partial charge < -0.3 is 10.4 Å². The molecule has 7 heteroatoms. The molecule has 4 nitrogen and oxygen atoms in total. The maximum absolute atomic E-state index is 12.0. The fourth-order valence-electron chi connectivity index (χ4n) is 1.45. The molecule has 0 aromatic carbocycles. The van der Waals surface area contributed by atoms with Crippen molar-refractivity contribution in [1.82, 2.24) is 15.1 Å². The summed E-state index contributed by atoms with van der Waals surface area (Å²) in [5.74, 6) is 0. The van der Waals surface area contributed by atoms with Crippen molar-refractivity contribution in [2.24, 2.45) is 0 Å². The third-order valence-corrected chi connectivity index (χ3v) is 2.20. The van der Waals surface area contributed by atoms with Gasteiger partial charge in [0.15, 0.2) is 0 Å². The lowest BCUT2D eigenvalue weighted by Gasteiger charge is -2.18. The largest absolute Gasteiger partial charge is 0.390 e. The molecule has 0 amide bonds. The lowest BCUT2D eigenvalue weighted by molar-refractivity contribution is -0.139. The Labute approximate surface area is 97.4 Å². The van der Waals surface area contributed by atoms with Gasteiger partial charge >= 0.3 is 6.18 Å². The van der Waals surface area contributed by atoms with Crippen LogP contribution in [0, 0.1) is 0 Å². The van der Waals surface area contributed by atoms with Gasteiger partial charge in [-0.2, -0.15) is 18.3 Å². The van der Waals surface area contributed by atoms with Crippen LogP contribution >= 0.6 is 0 Å². The molecule has 0 aliphatic rings. The van der Waals surface area contributed by atoms with E-state index in [0.717, 1.165) is 0 Å². The fraction of sp³-hybridized carbons (Fsp3) is 0.700. The summed E-state index contributed by atoms with van der Waals surface area (Å²) in [5, 5.41) is 16.1. The molecule has 0 radical (unpaired) electrons. The quantitative estimate of drug-likeness (QED) is 0.798. The Kier molecular flexibility index (Phi) is 4.95. The highest BCUT2D eigenvalue weighted by Crippen LogP contribution is 2.21. The van der Waals surface area contributed by atoms with Crippen LogP contribution in [0.3, 0.4) is 0 Å². The second kappa shape index (κ2) is 6.02. The van der Waals surface area contributed by atoms with E-state index in [-0.39, 0.29) is 13.1 Å². The minimum atomic E-state index is -4.18. The van der Waals surface area contributed by atoms with Gasteiger partial charge in [0.25, 0.3) is 0 Å². The van der Waals surface area contributed by atoms with Crippen LogP contribution in [0.2, 0.25) is 0 Å². The van der Waals surface area contributed by atoms with E-state index in [1.54, 1.807) is 18.5 Å². The van der Waals surface area contributed by atoms with Gasteiger partial charge in [-0.25, -0.2) is 0 Å². The molecule has 17 heavy (non-hydrogen) atoms. The van der Waals surface area contributed by atoms with Gasteiger partial charge in [-0.15, -0.1) is 0 Å². The Hall–Kier alpha value is -1.08. The zero-order valence-corrected chi connectivity index (χ0v) is 9.48. The van der Waals surface area contributed by atoms with E-state index in [1.165, 1.54) is 11.6 Å². The predicted octanol–water partition coefficient (Wildman–Crippen LogP) is 1.17. The Balaban J connectivity index is 2.21. The van der Waals surface area contributed by atoms with E-state index in [0.29, 0.717) is 0 Å². The fourth-order valence-corrected chi connectivity index (χ4v) is 1.45. The molecule has 0 spiro atoms. The first-order valence-corrected chi connectivity index (χ1v) is 5.32. The zero-order valence-electron chi connectivity index (χ0n) is 9.48. The highest BCUT2D eigenvalue weighted by molar-refractivity contribution is 4.79. The van der Waals surface area contributed by atoms with E-state index in [2.05, 4.69) is 10.4 Å². The summed E-state index contributed by atoms with van der Waals surface area (Å²) in [5.41, 5.74) is 0. The smallest absolute Gasteiger partial charge is 0.390 e. The van der Waals surface area contributed by atoms with Crippen molar-refractivity contribution in [3.63, 3.8) is 0 Å². The van der Waals surface area contributed by atoms with Crippen molar-refractivity contribution in [2.45, 2.75) is 38.2 Å². The summed E-state index contributed by atoms with van der Waals surface area (Å²) in [6.45, 7) is 1.81. The summed E-state index contributed by atoms with van der Waals surface area (Å²) < 4.78 is 37.6. The first kappa shape index (κ1) is 14.0. The molecule has 1 rings (SSSR count). The number of rotatable bonds is 6. The van der Waals surface area contributed by atoms with Crippen molar-refractivity contribution < 1.29 is 18.3 Å². The number of aromatic nitrogens is 2. The van der Waals surface area contributed by atoms with E-state index >= 15 is 0 Å². The average Bonchev–Trinajstić information content (AvgIpc) is 2.64. The van der Waals surface area contributed by atoms with Gasteiger partial charge in [-0.1, -0.05) is 0 Å². The topological polar surface area (TPSA) is 50.1 Å². The number of hydrogen-bond donors (Lipinski definition) is 2. The van der Waals surface area contributed by atoms with Crippen LogP contribution in [-0.2, 0) is 6.54 Å². The highest BCUT2D eigenvalue weighted by Gasteiger charge is 2.29. The molecule has 2 atom stereocenters. The van der Waals surface area contributed by atoms with Gasteiger partial charge in [-0.05, 0) is 13.0 Å². The van der Waals surface area contributed by atoms with Crippen LogP contribution in [-0.4, -0.2) is 39.8 Å². The molecule has 0 aliphatic heterocycles. The number of aliphatic hydroxyl groups is 1. The highest BCUT2D eigenvalue weighted by atomic mass is 19.4. The van der Waals surface area contributed by atoms with E-state index in [1.807, 2.05) is 0 Å². The molecular formula is C10H16F3N3O. The van der Waals surface area contributed by atoms with Gasteiger partial charge in [0, 0.05) is 25.0 Å². The molecule has 0 fully saturated rings. The summed E-state index contributed by atoms with van der Waals surface area (Å²) in [4.78, 5) is 0. The third-order valence-electron chi connectivity index (χ3n) is 2.20. The Morgan fingerprint density at radius 2 is 2.18 bits per heavy atom. The Bertz CT molecular complexity index is 313. The molecule has 2 N–H and O–H groups in total. The van der Waals surface area contributed by atoms with Crippen LogP contribution < -0.4 is 5.32 Å². The van der Waals surface area contributed by atoms with Crippen LogP contribution in [0.15, 0.2) is 18.5 Å². The lowest BCUT2D eigenvalue weighted by atomic mass is 10.2. The van der Waals surface area contributed by atoms with E-state index in [9.17, 15) is 18.3 Å². The molecule has 1 aromatic rings. The maximum Gasteiger partial charge on any atom is 0.390 e. The van der Waals surface area contributed by atoms with Crippen LogP contribution in [0.1, 0.15) is 13.3 Å². The van der Waals surface area contributed by atoms with Gasteiger partial charge in [0.2, 0.25) is 0 Å². The number of nitrogens with one attached hydrogen (secondary N) is 1. The molecule has 0 bridgehead atoms. The minimum Gasteiger partial charge on any atom is -0.390 e. The van der Waals surface area contributed by atoms with Crippen molar-refractivity contribution in [3.8, 4) is 0 Å². The number of aliphatic hydroxyl groups excluding tert-OH is 1. The SMILES string of the molecule is CC(CC(F)(F)F)NCC(O)Cn1cccn1. The average molecular weight is 251 g/mol. The predicted molar refractivity (Wildman–Crippen MR) is 56.4 cm³/mol. The molecule has 0 saturated heterocycles. The lowest BCUT2D eigenvalue weighted by Crippen LogP contribution is -2.38. The zero-order chi connectivity index (χ0) is 12.9. The van der Waals surface area contributed by atoms with Crippen molar-refractivity contribution in [1.29, 1.82) is 0 Å². The third kappa shape index (κ3) is 6.28. The summed E-state index contributed by atoms with van der Waals surface area (Å²) in [7, 11) is 0. The normalized spacial score (nSPS) is 15.8. The van der Waals surface area contributed by atoms with Gasteiger partial charge in [0.05, 0.1) is 19.1 Å². The minimum absolute atomic E-state index is 0.108. The summed E-state index contributed by atoms with van der Waals surface area (Å²) >= 11 is 0. The van der Waals surface area contributed by atoms with Gasteiger partial charge in [-0.3, -0.25) is 4.68 Å². The molecular weight excluding hydrogens is 235 g/mol. The molecule has 1 aromatic heterocycles. The molecule has 0 aliphatic carbocycles. The van der Waals surface area contributed by atoms with E-state index in [4.69, 9.17) is 0 Å². The van der Waals surface area contributed by atoms with Gasteiger partial charge in [0.1, 0.15) is 0 Å². The maximum atomic E-state index is 12.0. The standard InChI is InChI=1S/C10H16F3N3O/c1-8(5-10(11,12)13)14-6-9(17)7-16-4-2-3-15-16/h2-4,8-9,14,17H,5-7H2,1H3. The van der Waals surface area contributed by atoms with Crippen molar-refractivity contribution >= 4 is 0 Å². The molecule has 1 heterocycles. The second-order valence-electron chi connectivity index (χ2n) is 4.01. The van der Waals surface area contributed by atoms with Crippen LogP contribution in [0.4, 0.5) is 13.2 Å². The summed E-state index contributed by atoms with van der Waals surface area (Å²) in [6, 6.07) is 1.01. The van der Waals surface area contributed by atoms with Crippen molar-refractivity contribution in [2.75, 3.05) is 6.54 Å². The second-order valence-corrected chi connectivity index (χ2v) is 4.01. The van der Waals surface area contributed by atoms with E-state index < -0.39 is 24.7 Å². The Morgan fingerprint density at radius 3 is 2.71 bits per heavy atom. The number of alkyl halides is 3. The monoisotopic (exact) mass is 251 g/mol. The van der Waals surface area contributed by atoms with Crippen molar-refractivity contribution in [3.05, 3.63) is 18.5 Å². The number of hydrogen-bond acceptors (Lipinski definition) is 3. The number of nitrogens with zero attached hydrogens (tertiary/aromatic N) is 2. The molecule has 0 saturated carbocycles. The number of halogens is 3.